The van der Waals surface area contributed by atoms with Crippen molar-refractivity contribution in [1.82, 2.24) is 18.3 Å². The fourth-order valence-electron chi connectivity index (χ4n) is 4.56. The second-order valence-electron chi connectivity index (χ2n) is 9.93. The molecule has 202 valence electrons. The van der Waals surface area contributed by atoms with Crippen LogP contribution >= 0.6 is 45.5 Å². The van der Waals surface area contributed by atoms with Crippen molar-refractivity contribution in [3.63, 3.8) is 0 Å². The second-order valence-corrected chi connectivity index (χ2v) is 12.8. The number of thiazole rings is 1. The maximum Gasteiger partial charge on any atom is 0.252 e. The number of carbonyl (C=O) groups is 3. The molecule has 4 rings (SSSR count). The number of amides is 3. The Hall–Kier alpha value is -2.31. The zero-order valence-corrected chi connectivity index (χ0v) is 25.6. The molecule has 7 nitrogen and oxygen atoms in total. The van der Waals surface area contributed by atoms with Gasteiger partial charge >= 0.3 is 0 Å². The van der Waals surface area contributed by atoms with E-state index in [9.17, 15) is 14.4 Å². The van der Waals surface area contributed by atoms with Crippen LogP contribution in [0.4, 0.5) is 0 Å². The predicted octanol–water partition coefficient (Wildman–Crippen LogP) is 6.14. The molecule has 0 unspecified atom stereocenters. The molecule has 3 heterocycles. The molecule has 0 radical (unpaired) electrons. The maximum atomic E-state index is 13.8. The van der Waals surface area contributed by atoms with Crippen LogP contribution in [0.1, 0.15) is 61.7 Å². The van der Waals surface area contributed by atoms with Gasteiger partial charge in [-0.25, -0.2) is 4.98 Å². The zero-order valence-electron chi connectivity index (χ0n) is 21.9. The molecule has 0 spiro atoms. The van der Waals surface area contributed by atoms with Gasteiger partial charge in [0.05, 0.1) is 38.9 Å². The Bertz CT molecular complexity index is 1240. The molecule has 1 saturated heterocycles. The maximum absolute atomic E-state index is 13.8. The number of halogens is 1. The third kappa shape index (κ3) is 6.81. The van der Waals surface area contributed by atoms with Gasteiger partial charge < -0.3 is 10.2 Å². The van der Waals surface area contributed by atoms with Gasteiger partial charge in [0, 0.05) is 24.4 Å². The van der Waals surface area contributed by atoms with E-state index in [2.05, 4.69) is 24.1 Å². The minimum absolute atomic E-state index is 0.0665. The third-order valence-corrected chi connectivity index (χ3v) is 9.71. The number of aromatic nitrogens is 1. The minimum Gasteiger partial charge on any atom is -0.350 e. The van der Waals surface area contributed by atoms with Gasteiger partial charge in [-0.3, -0.25) is 17.5 Å². The first kappa shape index (κ1) is 28.7. The number of thiophene rings is 1. The van der Waals surface area contributed by atoms with E-state index in [0.717, 1.165) is 39.4 Å². The average molecular weight is 665 g/mol. The quantitative estimate of drug-likeness (QED) is 0.209. The Balaban J connectivity index is 1.42. The highest BCUT2D eigenvalue weighted by molar-refractivity contribution is 14.1. The molecule has 1 fully saturated rings. The van der Waals surface area contributed by atoms with Crippen molar-refractivity contribution < 1.29 is 14.4 Å². The fraction of sp³-hybridized carbons (Fsp3) is 0.429. The average Bonchev–Trinajstić information content (AvgIpc) is 3.68. The van der Waals surface area contributed by atoms with Gasteiger partial charge in [-0.1, -0.05) is 44.2 Å². The Morgan fingerprint density at radius 2 is 1.95 bits per heavy atom. The van der Waals surface area contributed by atoms with E-state index < -0.39 is 12.1 Å². The standard InChI is InChI=1S/C28H33IN4O3S2/c1-18(2)8-13-24(34)33(29)25(23-7-5-15-37-23)28(36)32-14-4-6-22(32)27(35)30-16-20-9-11-21(12-10-20)26-19(3)31-17-38-26/h5,7,9-12,15,17-18,22,25H,4,6,8,13-14,16H2,1-3H3,(H,30,35)/t22-,25-/m0/s1. The molecule has 0 bridgehead atoms. The molecule has 2 atom stereocenters. The third-order valence-electron chi connectivity index (χ3n) is 6.71. The van der Waals surface area contributed by atoms with Gasteiger partial charge in [0.25, 0.3) is 5.91 Å². The molecule has 1 N–H and O–H groups in total. The largest absolute Gasteiger partial charge is 0.350 e. The van der Waals surface area contributed by atoms with Gasteiger partial charge in [-0.15, -0.1) is 22.7 Å². The minimum atomic E-state index is -0.730. The summed E-state index contributed by atoms with van der Waals surface area (Å²) in [7, 11) is 0. The second kappa shape index (κ2) is 13.2. The summed E-state index contributed by atoms with van der Waals surface area (Å²) in [5, 5.41) is 4.94. The molecular formula is C28H33IN4O3S2. The summed E-state index contributed by atoms with van der Waals surface area (Å²) in [5.74, 6) is -0.0153. The van der Waals surface area contributed by atoms with Crippen LogP contribution in [0, 0.1) is 12.8 Å². The lowest BCUT2D eigenvalue weighted by atomic mass is 10.1. The summed E-state index contributed by atoms with van der Waals surface area (Å²) in [5.41, 5.74) is 4.95. The number of hydrogen-bond donors (Lipinski definition) is 1. The van der Waals surface area contributed by atoms with Crippen LogP contribution in [-0.2, 0) is 20.9 Å². The van der Waals surface area contributed by atoms with Crippen LogP contribution in [0.2, 0.25) is 0 Å². The van der Waals surface area contributed by atoms with E-state index in [0.29, 0.717) is 31.8 Å². The van der Waals surface area contributed by atoms with Crippen molar-refractivity contribution in [3.05, 3.63) is 63.4 Å². The number of nitrogens with one attached hydrogen (secondary N) is 1. The summed E-state index contributed by atoms with van der Waals surface area (Å²) in [6.07, 6.45) is 2.53. The first-order valence-electron chi connectivity index (χ1n) is 12.8. The lowest BCUT2D eigenvalue weighted by Gasteiger charge is -2.31. The van der Waals surface area contributed by atoms with Crippen LogP contribution in [0.25, 0.3) is 10.4 Å². The van der Waals surface area contributed by atoms with Gasteiger partial charge in [-0.05, 0) is 54.7 Å². The molecule has 1 aliphatic heterocycles. The van der Waals surface area contributed by atoms with Crippen LogP contribution in [0.3, 0.4) is 0 Å². The van der Waals surface area contributed by atoms with E-state index in [1.807, 2.05) is 77.1 Å². The van der Waals surface area contributed by atoms with Crippen LogP contribution < -0.4 is 5.32 Å². The highest BCUT2D eigenvalue weighted by Gasteiger charge is 2.41. The van der Waals surface area contributed by atoms with Crippen molar-refractivity contribution in [2.24, 2.45) is 5.92 Å². The number of nitrogens with zero attached hydrogens (tertiary/aromatic N) is 3. The molecule has 10 heteroatoms. The van der Waals surface area contributed by atoms with Crippen LogP contribution in [-0.4, -0.2) is 43.3 Å². The van der Waals surface area contributed by atoms with Gasteiger partial charge in [0.15, 0.2) is 6.04 Å². The smallest absolute Gasteiger partial charge is 0.252 e. The Labute approximate surface area is 246 Å². The fourth-order valence-corrected chi connectivity index (χ4v) is 7.15. The van der Waals surface area contributed by atoms with Gasteiger partial charge in [0.2, 0.25) is 11.8 Å². The monoisotopic (exact) mass is 664 g/mol. The first-order valence-corrected chi connectivity index (χ1v) is 15.6. The lowest BCUT2D eigenvalue weighted by molar-refractivity contribution is -0.144. The van der Waals surface area contributed by atoms with E-state index >= 15 is 0 Å². The van der Waals surface area contributed by atoms with E-state index in [1.165, 1.54) is 14.5 Å². The van der Waals surface area contributed by atoms with Crippen molar-refractivity contribution in [2.75, 3.05) is 6.54 Å². The van der Waals surface area contributed by atoms with E-state index in [-0.39, 0.29) is 17.7 Å². The number of hydrogen-bond acceptors (Lipinski definition) is 6. The van der Waals surface area contributed by atoms with Crippen LogP contribution in [0.5, 0.6) is 0 Å². The van der Waals surface area contributed by atoms with Crippen LogP contribution in [0.15, 0.2) is 47.3 Å². The van der Waals surface area contributed by atoms with Crippen molar-refractivity contribution in [2.45, 2.75) is 65.1 Å². The highest BCUT2D eigenvalue weighted by atomic mass is 127. The number of likely N-dealkylation sites (tertiary alicyclic amines) is 1. The predicted molar refractivity (Wildman–Crippen MR) is 161 cm³/mol. The normalized spacial score (nSPS) is 16.0. The van der Waals surface area contributed by atoms with Gasteiger partial charge in [0.1, 0.15) is 6.04 Å². The van der Waals surface area contributed by atoms with Crippen molar-refractivity contribution >= 4 is 63.3 Å². The van der Waals surface area contributed by atoms with Crippen molar-refractivity contribution in [3.8, 4) is 10.4 Å². The summed E-state index contributed by atoms with van der Waals surface area (Å²) in [4.78, 5) is 48.0. The molecule has 3 aromatic rings. The van der Waals surface area contributed by atoms with Gasteiger partial charge in [-0.2, -0.15) is 0 Å². The summed E-state index contributed by atoms with van der Waals surface area (Å²) >= 11 is 5.04. The summed E-state index contributed by atoms with van der Waals surface area (Å²) in [6, 6.07) is 10.6. The van der Waals surface area contributed by atoms with E-state index in [4.69, 9.17) is 0 Å². The number of benzene rings is 1. The molecule has 0 aliphatic carbocycles. The molecule has 2 aromatic heterocycles. The number of rotatable bonds is 10. The zero-order chi connectivity index (χ0) is 27.2. The molecule has 1 aliphatic rings. The Kier molecular flexibility index (Phi) is 9.94. The Morgan fingerprint density at radius 3 is 2.58 bits per heavy atom. The first-order chi connectivity index (χ1) is 18.3. The SMILES string of the molecule is Cc1ncsc1-c1ccc(CNC(=O)[C@@H]2CCCN2C(=O)[C@H](c2cccs2)N(I)C(=O)CCC(C)C)cc1. The molecule has 1 aromatic carbocycles. The molecule has 0 saturated carbocycles. The summed E-state index contributed by atoms with van der Waals surface area (Å²) in [6.45, 7) is 7.05. The number of aryl methyl sites for hydroxylation is 1. The molecule has 38 heavy (non-hydrogen) atoms. The topological polar surface area (TPSA) is 82.6 Å². The number of carbonyl (C=O) groups excluding carboxylic acids is 3. The lowest BCUT2D eigenvalue weighted by Crippen LogP contribution is -2.49. The molecular weight excluding hydrogens is 631 g/mol. The summed E-state index contributed by atoms with van der Waals surface area (Å²) < 4.78 is 1.54. The van der Waals surface area contributed by atoms with E-state index in [1.54, 1.807) is 16.2 Å². The highest BCUT2D eigenvalue weighted by Crippen LogP contribution is 2.34. The molecule has 3 amide bonds. The van der Waals surface area contributed by atoms with Crippen molar-refractivity contribution in [1.29, 1.82) is 0 Å². The Morgan fingerprint density at radius 1 is 1.18 bits per heavy atom.